The molecule has 0 aliphatic rings. The van der Waals surface area contributed by atoms with Gasteiger partial charge in [0.05, 0.1) is 4.47 Å². The van der Waals surface area contributed by atoms with Gasteiger partial charge in [0.25, 0.3) is 0 Å². The largest absolute Gasteiger partial charge is 0.465 e. The summed E-state index contributed by atoms with van der Waals surface area (Å²) in [7, 11) is 0. The highest BCUT2D eigenvalue weighted by atomic mass is 79.9. The summed E-state index contributed by atoms with van der Waals surface area (Å²) in [5.41, 5.74) is 0.491. The molecule has 0 radical (unpaired) electrons. The van der Waals surface area contributed by atoms with Crippen molar-refractivity contribution in [1.82, 2.24) is 5.32 Å². The van der Waals surface area contributed by atoms with Crippen molar-refractivity contribution in [2.75, 3.05) is 0 Å². The normalized spacial score (nSPS) is 12.2. The molecule has 0 aromatic heterocycles. The third kappa shape index (κ3) is 3.51. The number of hydrogen-bond acceptors (Lipinski definition) is 1. The number of benzene rings is 1. The third-order valence-electron chi connectivity index (χ3n) is 1.93. The molecule has 1 aromatic rings. The van der Waals surface area contributed by atoms with E-state index in [1.165, 1.54) is 0 Å². The van der Waals surface area contributed by atoms with Gasteiger partial charge in [-0.2, -0.15) is 0 Å². The van der Waals surface area contributed by atoms with E-state index in [4.69, 9.17) is 5.11 Å². The topological polar surface area (TPSA) is 49.3 Å². The lowest BCUT2D eigenvalue weighted by molar-refractivity contribution is 0.190. The molecular weight excluding hydrogens is 265 g/mol. The van der Waals surface area contributed by atoms with Crippen LogP contribution < -0.4 is 5.32 Å². The Morgan fingerprint density at radius 2 is 2.33 bits per heavy atom. The molecule has 0 saturated carbocycles. The van der Waals surface area contributed by atoms with Crippen molar-refractivity contribution in [3.63, 3.8) is 0 Å². The van der Waals surface area contributed by atoms with E-state index in [-0.39, 0.29) is 11.9 Å². The lowest BCUT2D eigenvalue weighted by Gasteiger charge is -2.12. The lowest BCUT2D eigenvalue weighted by atomic mass is 10.1. The average molecular weight is 276 g/mol. The Kier molecular flexibility index (Phi) is 4.08. The first-order valence-corrected chi connectivity index (χ1v) is 5.22. The third-order valence-corrected chi connectivity index (χ3v) is 2.54. The first kappa shape index (κ1) is 12.0. The zero-order valence-corrected chi connectivity index (χ0v) is 9.71. The van der Waals surface area contributed by atoms with Gasteiger partial charge < -0.3 is 10.4 Å². The minimum atomic E-state index is -1.10. The number of hydrogen-bond donors (Lipinski definition) is 2. The molecule has 1 rings (SSSR count). The van der Waals surface area contributed by atoms with Crippen LogP contribution in [-0.4, -0.2) is 17.2 Å². The summed E-state index contributed by atoms with van der Waals surface area (Å²) in [5, 5.41) is 10.7. The van der Waals surface area contributed by atoms with Gasteiger partial charge in [0.1, 0.15) is 5.82 Å². The average Bonchev–Trinajstić information content (AvgIpc) is 2.11. The Balaban J connectivity index is 2.72. The predicted molar refractivity (Wildman–Crippen MR) is 58.4 cm³/mol. The molecule has 0 saturated heterocycles. The maximum absolute atomic E-state index is 13.5. The summed E-state index contributed by atoms with van der Waals surface area (Å²) < 4.78 is 13.9. The van der Waals surface area contributed by atoms with Gasteiger partial charge in [-0.25, -0.2) is 9.18 Å². The van der Waals surface area contributed by atoms with Crippen LogP contribution in [0.1, 0.15) is 12.5 Å². The van der Waals surface area contributed by atoms with Crippen LogP contribution in [0.25, 0.3) is 0 Å². The minimum absolute atomic E-state index is 0.314. The molecule has 1 aromatic carbocycles. The van der Waals surface area contributed by atoms with Crippen LogP contribution >= 0.6 is 15.9 Å². The number of carbonyl (C=O) groups is 1. The first-order valence-electron chi connectivity index (χ1n) is 4.43. The van der Waals surface area contributed by atoms with Crippen LogP contribution in [0.3, 0.4) is 0 Å². The van der Waals surface area contributed by atoms with E-state index in [2.05, 4.69) is 21.2 Å². The molecule has 0 heterocycles. The van der Waals surface area contributed by atoms with Crippen LogP contribution in [0.4, 0.5) is 9.18 Å². The van der Waals surface area contributed by atoms with Crippen molar-refractivity contribution in [2.24, 2.45) is 0 Å². The molecule has 0 bridgehead atoms. The molecule has 0 aliphatic heterocycles. The van der Waals surface area contributed by atoms with Crippen LogP contribution in [0.5, 0.6) is 0 Å². The van der Waals surface area contributed by atoms with Gasteiger partial charge in [0.2, 0.25) is 0 Å². The van der Waals surface area contributed by atoms with E-state index in [0.717, 1.165) is 0 Å². The summed E-state index contributed by atoms with van der Waals surface area (Å²) in [4.78, 5) is 10.3. The summed E-state index contributed by atoms with van der Waals surface area (Å²) in [6.45, 7) is 1.69. The monoisotopic (exact) mass is 275 g/mol. The SMILES string of the molecule is CC(Cc1cccc(Br)c1F)NC(=O)O. The number of amides is 1. The molecule has 0 aliphatic carbocycles. The standard InChI is InChI=1S/C10H11BrFNO2/c1-6(13-10(14)15)5-7-3-2-4-8(11)9(7)12/h2-4,6,13H,5H2,1H3,(H,14,15). The Morgan fingerprint density at radius 3 is 2.93 bits per heavy atom. The number of rotatable bonds is 3. The Hall–Kier alpha value is -1.10. The van der Waals surface area contributed by atoms with E-state index in [1.54, 1.807) is 25.1 Å². The van der Waals surface area contributed by atoms with E-state index in [0.29, 0.717) is 16.5 Å². The minimum Gasteiger partial charge on any atom is -0.465 e. The predicted octanol–water partition coefficient (Wildman–Crippen LogP) is 2.79. The van der Waals surface area contributed by atoms with Gasteiger partial charge in [0.15, 0.2) is 0 Å². The quantitative estimate of drug-likeness (QED) is 0.891. The highest BCUT2D eigenvalue weighted by molar-refractivity contribution is 9.10. The fraction of sp³-hybridized carbons (Fsp3) is 0.300. The first-order chi connectivity index (χ1) is 7.00. The zero-order valence-electron chi connectivity index (χ0n) is 8.13. The van der Waals surface area contributed by atoms with E-state index in [9.17, 15) is 9.18 Å². The van der Waals surface area contributed by atoms with Crippen molar-refractivity contribution in [2.45, 2.75) is 19.4 Å². The van der Waals surface area contributed by atoms with Crippen LogP contribution in [0.2, 0.25) is 0 Å². The molecule has 3 nitrogen and oxygen atoms in total. The number of carboxylic acid groups (broad SMARTS) is 1. The van der Waals surface area contributed by atoms with Crippen molar-refractivity contribution in [3.8, 4) is 0 Å². The Morgan fingerprint density at radius 1 is 1.67 bits per heavy atom. The van der Waals surface area contributed by atoms with Crippen LogP contribution in [0.15, 0.2) is 22.7 Å². The zero-order chi connectivity index (χ0) is 11.4. The van der Waals surface area contributed by atoms with Gasteiger partial charge in [-0.15, -0.1) is 0 Å². The van der Waals surface area contributed by atoms with E-state index >= 15 is 0 Å². The highest BCUT2D eigenvalue weighted by Crippen LogP contribution is 2.19. The molecule has 0 fully saturated rings. The van der Waals surface area contributed by atoms with Gasteiger partial charge in [-0.1, -0.05) is 12.1 Å². The fourth-order valence-electron chi connectivity index (χ4n) is 1.30. The molecule has 1 amide bonds. The van der Waals surface area contributed by atoms with E-state index < -0.39 is 6.09 Å². The van der Waals surface area contributed by atoms with Crippen molar-refractivity contribution >= 4 is 22.0 Å². The van der Waals surface area contributed by atoms with Gasteiger partial charge in [-0.05, 0) is 40.9 Å². The Labute approximate surface area is 95.4 Å². The number of nitrogens with one attached hydrogen (secondary N) is 1. The molecule has 1 unspecified atom stereocenters. The summed E-state index contributed by atoms with van der Waals surface area (Å²) in [5.74, 6) is -0.337. The molecule has 82 valence electrons. The van der Waals surface area contributed by atoms with Gasteiger partial charge in [0, 0.05) is 6.04 Å². The lowest BCUT2D eigenvalue weighted by Crippen LogP contribution is -2.32. The maximum atomic E-state index is 13.5. The van der Waals surface area contributed by atoms with Gasteiger partial charge >= 0.3 is 6.09 Å². The second-order valence-electron chi connectivity index (χ2n) is 3.27. The van der Waals surface area contributed by atoms with Crippen LogP contribution in [-0.2, 0) is 6.42 Å². The molecule has 1 atom stereocenters. The highest BCUT2D eigenvalue weighted by Gasteiger charge is 2.11. The molecule has 2 N–H and O–H groups in total. The maximum Gasteiger partial charge on any atom is 0.404 e. The molecule has 5 heteroatoms. The van der Waals surface area contributed by atoms with Crippen molar-refractivity contribution in [1.29, 1.82) is 0 Å². The second kappa shape index (κ2) is 5.11. The van der Waals surface area contributed by atoms with E-state index in [1.807, 2.05) is 0 Å². The summed E-state index contributed by atoms with van der Waals surface area (Å²) in [6, 6.07) is 4.65. The van der Waals surface area contributed by atoms with Crippen molar-refractivity contribution < 1.29 is 14.3 Å². The Bertz CT molecular complexity index is 370. The second-order valence-corrected chi connectivity index (χ2v) is 4.12. The fourth-order valence-corrected chi connectivity index (χ4v) is 1.71. The smallest absolute Gasteiger partial charge is 0.404 e. The summed E-state index contributed by atoms with van der Waals surface area (Å²) in [6.07, 6.45) is -0.768. The number of halogens is 2. The van der Waals surface area contributed by atoms with Crippen LogP contribution in [0, 0.1) is 5.82 Å². The molecular formula is C10H11BrFNO2. The van der Waals surface area contributed by atoms with Crippen molar-refractivity contribution in [3.05, 3.63) is 34.1 Å². The summed E-state index contributed by atoms with van der Waals surface area (Å²) >= 11 is 3.08. The molecule has 0 spiro atoms. The molecule has 15 heavy (non-hydrogen) atoms. The van der Waals surface area contributed by atoms with Gasteiger partial charge in [-0.3, -0.25) is 0 Å².